The number of hydrogen-bond donors (Lipinski definition) is 0. The highest BCUT2D eigenvalue weighted by atomic mass is 19.2. The van der Waals surface area contributed by atoms with E-state index in [0.29, 0.717) is 11.3 Å². The first-order valence-corrected chi connectivity index (χ1v) is 11.5. The summed E-state index contributed by atoms with van der Waals surface area (Å²) in [6, 6.07) is 8.81. The molecule has 4 rings (SSSR count). The molecule has 0 aliphatic heterocycles. The molecule has 2 fully saturated rings. The third-order valence-corrected chi connectivity index (χ3v) is 7.78. The Balaban J connectivity index is 1.28. The zero-order chi connectivity index (χ0) is 19.5. The molecule has 0 amide bonds. The van der Waals surface area contributed by atoms with Crippen LogP contribution in [0.5, 0.6) is 0 Å². The van der Waals surface area contributed by atoms with Crippen LogP contribution in [-0.4, -0.2) is 0 Å². The fraction of sp³-hybridized carbons (Fsp3) is 0.615. The van der Waals surface area contributed by atoms with Gasteiger partial charge < -0.3 is 0 Å². The number of rotatable bonds is 5. The minimum atomic E-state index is -0.760. The molecule has 2 aromatic carbocycles. The maximum atomic E-state index is 13.9. The standard InChI is InChI=1S/C26H34F2/c1-2-18-3-5-19(6-4-18)7-8-20-9-11-21(12-10-20)22-13-15-24-23(17-22)14-16-25(27)26(24)28/h13-21H,2-12H2,1H3/t18-,19-,20?,21?. The molecule has 0 aromatic heterocycles. The van der Waals surface area contributed by atoms with Crippen molar-refractivity contribution in [3.05, 3.63) is 47.5 Å². The Hall–Kier alpha value is -1.44. The lowest BCUT2D eigenvalue weighted by molar-refractivity contribution is 0.227. The van der Waals surface area contributed by atoms with Crippen LogP contribution in [0.15, 0.2) is 30.3 Å². The van der Waals surface area contributed by atoms with Crippen LogP contribution >= 0.6 is 0 Å². The van der Waals surface area contributed by atoms with Gasteiger partial charge in [0.15, 0.2) is 11.6 Å². The molecule has 0 bridgehead atoms. The minimum absolute atomic E-state index is 0.398. The van der Waals surface area contributed by atoms with Crippen LogP contribution in [0.2, 0.25) is 0 Å². The Bertz CT molecular complexity index is 780. The predicted octanol–water partition coefficient (Wildman–Crippen LogP) is 8.39. The molecule has 0 radical (unpaired) electrons. The molecule has 0 unspecified atom stereocenters. The molecule has 2 aliphatic carbocycles. The largest absolute Gasteiger partial charge is 0.204 e. The maximum Gasteiger partial charge on any atom is 0.166 e. The van der Waals surface area contributed by atoms with E-state index in [2.05, 4.69) is 13.0 Å². The van der Waals surface area contributed by atoms with Crippen molar-refractivity contribution in [3.8, 4) is 0 Å². The third-order valence-electron chi connectivity index (χ3n) is 7.78. The fourth-order valence-corrected chi connectivity index (χ4v) is 5.72. The van der Waals surface area contributed by atoms with Gasteiger partial charge in [-0.3, -0.25) is 0 Å². The Morgan fingerprint density at radius 1 is 0.750 bits per heavy atom. The molecular formula is C26H34F2. The van der Waals surface area contributed by atoms with E-state index in [1.807, 2.05) is 6.07 Å². The second-order valence-electron chi connectivity index (χ2n) is 9.43. The quantitative estimate of drug-likeness (QED) is 0.485. The highest BCUT2D eigenvalue weighted by molar-refractivity contribution is 5.84. The van der Waals surface area contributed by atoms with Gasteiger partial charge in [-0.2, -0.15) is 0 Å². The maximum absolute atomic E-state index is 13.9. The zero-order valence-electron chi connectivity index (χ0n) is 17.2. The van der Waals surface area contributed by atoms with Crippen LogP contribution < -0.4 is 0 Å². The van der Waals surface area contributed by atoms with E-state index in [-0.39, 0.29) is 0 Å². The average molecular weight is 385 g/mol. The van der Waals surface area contributed by atoms with Gasteiger partial charge in [0.2, 0.25) is 0 Å². The van der Waals surface area contributed by atoms with Crippen molar-refractivity contribution in [2.45, 2.75) is 83.5 Å². The highest BCUT2D eigenvalue weighted by Crippen LogP contribution is 2.40. The summed E-state index contributed by atoms with van der Waals surface area (Å²) < 4.78 is 27.3. The lowest BCUT2D eigenvalue weighted by Crippen LogP contribution is -2.17. The second kappa shape index (κ2) is 8.93. The number of fused-ring (bicyclic) bond motifs is 1. The van der Waals surface area contributed by atoms with Gasteiger partial charge >= 0.3 is 0 Å². The third kappa shape index (κ3) is 4.42. The van der Waals surface area contributed by atoms with Crippen LogP contribution in [0.1, 0.15) is 89.0 Å². The molecule has 2 aliphatic rings. The predicted molar refractivity (Wildman–Crippen MR) is 114 cm³/mol. The molecule has 152 valence electrons. The van der Waals surface area contributed by atoms with Crippen LogP contribution in [0.25, 0.3) is 10.8 Å². The first kappa shape index (κ1) is 19.9. The lowest BCUT2D eigenvalue weighted by Gasteiger charge is -2.32. The van der Waals surface area contributed by atoms with E-state index in [0.717, 1.165) is 23.1 Å². The zero-order valence-corrected chi connectivity index (χ0v) is 17.2. The average Bonchev–Trinajstić information content (AvgIpc) is 2.75. The highest BCUT2D eigenvalue weighted by Gasteiger charge is 2.25. The van der Waals surface area contributed by atoms with Crippen molar-refractivity contribution < 1.29 is 8.78 Å². The Morgan fingerprint density at radius 3 is 2.00 bits per heavy atom. The van der Waals surface area contributed by atoms with E-state index in [9.17, 15) is 8.78 Å². The molecule has 2 saturated carbocycles. The number of halogens is 2. The summed E-state index contributed by atoms with van der Waals surface area (Å²) in [4.78, 5) is 0. The molecule has 2 heteroatoms. The Kier molecular flexibility index (Phi) is 6.33. The van der Waals surface area contributed by atoms with Crippen LogP contribution in [0.3, 0.4) is 0 Å². The van der Waals surface area contributed by atoms with Crippen LogP contribution in [0, 0.1) is 29.4 Å². The van der Waals surface area contributed by atoms with Crippen molar-refractivity contribution in [2.24, 2.45) is 17.8 Å². The van der Waals surface area contributed by atoms with Gasteiger partial charge in [-0.1, -0.05) is 76.1 Å². The van der Waals surface area contributed by atoms with Gasteiger partial charge in [-0.25, -0.2) is 8.78 Å². The van der Waals surface area contributed by atoms with E-state index in [4.69, 9.17) is 0 Å². The molecule has 0 spiro atoms. The normalized spacial score (nSPS) is 28.5. The molecule has 0 nitrogen and oxygen atoms in total. The SMILES string of the molecule is CC[C@H]1CC[C@H](CCC2CCC(c3ccc4c(F)c(F)ccc4c3)CC2)CC1. The van der Waals surface area contributed by atoms with Gasteiger partial charge in [0.05, 0.1) is 0 Å². The van der Waals surface area contributed by atoms with Crippen molar-refractivity contribution >= 4 is 10.8 Å². The van der Waals surface area contributed by atoms with E-state index >= 15 is 0 Å². The van der Waals surface area contributed by atoms with Gasteiger partial charge in [0, 0.05) is 5.39 Å². The monoisotopic (exact) mass is 384 g/mol. The topological polar surface area (TPSA) is 0 Å². The van der Waals surface area contributed by atoms with Crippen molar-refractivity contribution in [1.29, 1.82) is 0 Å². The number of benzene rings is 2. The summed E-state index contributed by atoms with van der Waals surface area (Å²) in [7, 11) is 0. The summed E-state index contributed by atoms with van der Waals surface area (Å²) >= 11 is 0. The van der Waals surface area contributed by atoms with Crippen molar-refractivity contribution in [3.63, 3.8) is 0 Å². The fourth-order valence-electron chi connectivity index (χ4n) is 5.72. The smallest absolute Gasteiger partial charge is 0.166 e. The summed E-state index contributed by atoms with van der Waals surface area (Å²) in [5.74, 6) is 1.97. The van der Waals surface area contributed by atoms with Crippen LogP contribution in [0.4, 0.5) is 8.78 Å². The van der Waals surface area contributed by atoms with Gasteiger partial charge in [-0.15, -0.1) is 0 Å². The molecule has 0 heterocycles. The Labute approximate surface area is 168 Å². The van der Waals surface area contributed by atoms with Gasteiger partial charge in [-0.05, 0) is 66.4 Å². The molecule has 0 saturated heterocycles. The van der Waals surface area contributed by atoms with E-state index in [1.165, 1.54) is 82.3 Å². The molecule has 0 N–H and O–H groups in total. The molecular weight excluding hydrogens is 350 g/mol. The first-order valence-electron chi connectivity index (χ1n) is 11.5. The summed E-state index contributed by atoms with van der Waals surface area (Å²) in [5, 5.41) is 1.22. The molecule has 0 atom stereocenters. The summed E-state index contributed by atoms with van der Waals surface area (Å²) in [5.41, 5.74) is 1.30. The summed E-state index contributed by atoms with van der Waals surface area (Å²) in [6.45, 7) is 2.34. The van der Waals surface area contributed by atoms with Gasteiger partial charge in [0.25, 0.3) is 0 Å². The van der Waals surface area contributed by atoms with Crippen LogP contribution in [-0.2, 0) is 0 Å². The summed E-state index contributed by atoms with van der Waals surface area (Å²) in [6.07, 6.45) is 15.2. The first-order chi connectivity index (χ1) is 13.6. The van der Waals surface area contributed by atoms with Crippen molar-refractivity contribution in [2.75, 3.05) is 0 Å². The molecule has 28 heavy (non-hydrogen) atoms. The molecule has 2 aromatic rings. The Morgan fingerprint density at radius 2 is 1.36 bits per heavy atom. The lowest BCUT2D eigenvalue weighted by atomic mass is 9.74. The van der Waals surface area contributed by atoms with E-state index in [1.54, 1.807) is 12.1 Å². The van der Waals surface area contributed by atoms with Gasteiger partial charge in [0.1, 0.15) is 0 Å². The number of hydrogen-bond acceptors (Lipinski definition) is 0. The van der Waals surface area contributed by atoms with Crippen molar-refractivity contribution in [1.82, 2.24) is 0 Å². The second-order valence-corrected chi connectivity index (χ2v) is 9.43. The van der Waals surface area contributed by atoms with E-state index < -0.39 is 11.6 Å². The minimum Gasteiger partial charge on any atom is -0.204 e.